The largest absolute Gasteiger partial charge is 0.324 e. The first-order valence-electron chi connectivity index (χ1n) is 8.92. The summed E-state index contributed by atoms with van der Waals surface area (Å²) in [5.41, 5.74) is 0.838. The molecule has 0 aliphatic rings. The average Bonchev–Trinajstić information content (AvgIpc) is 2.70. The zero-order valence-corrected chi connectivity index (χ0v) is 17.0. The van der Waals surface area contributed by atoms with Crippen molar-refractivity contribution in [1.29, 1.82) is 0 Å². The highest BCUT2D eigenvalue weighted by Gasteiger charge is 2.15. The summed E-state index contributed by atoms with van der Waals surface area (Å²) < 4.78 is 28.6. The molecule has 0 atom stereocenters. The fraction of sp³-hybridized carbons (Fsp3) is 0.0455. The number of halogens is 3. The maximum Gasteiger partial charge on any atom is 0.275 e. The van der Waals surface area contributed by atoms with Gasteiger partial charge in [0, 0.05) is 27.2 Å². The molecule has 5 nitrogen and oxygen atoms in total. The van der Waals surface area contributed by atoms with E-state index in [9.17, 15) is 18.4 Å². The van der Waals surface area contributed by atoms with Crippen molar-refractivity contribution >= 4 is 38.3 Å². The topological polar surface area (TPSA) is 64.0 Å². The lowest BCUT2D eigenvalue weighted by atomic mass is 10.1. The average molecular weight is 470 g/mol. The van der Waals surface area contributed by atoms with E-state index in [1.54, 1.807) is 24.3 Å². The van der Waals surface area contributed by atoms with Gasteiger partial charge in [-0.3, -0.25) is 9.59 Å². The number of nitrogens with zero attached hydrogens (tertiary/aromatic N) is 2. The first-order chi connectivity index (χ1) is 14.4. The summed E-state index contributed by atoms with van der Waals surface area (Å²) in [6.45, 7) is -0.411. The minimum Gasteiger partial charge on any atom is -0.324 e. The van der Waals surface area contributed by atoms with Crippen LogP contribution in [0.15, 0.2) is 76.0 Å². The highest BCUT2D eigenvalue weighted by Crippen LogP contribution is 2.26. The van der Waals surface area contributed by atoms with Crippen molar-refractivity contribution in [1.82, 2.24) is 9.78 Å². The van der Waals surface area contributed by atoms with E-state index in [-0.39, 0.29) is 5.69 Å². The number of anilines is 1. The molecule has 1 aromatic heterocycles. The summed E-state index contributed by atoms with van der Waals surface area (Å²) >= 11 is 3.39. The molecule has 4 rings (SSSR count). The fourth-order valence-corrected chi connectivity index (χ4v) is 3.39. The summed E-state index contributed by atoms with van der Waals surface area (Å²) in [4.78, 5) is 25.3. The molecule has 1 amide bonds. The van der Waals surface area contributed by atoms with Crippen LogP contribution in [0, 0.1) is 11.6 Å². The lowest BCUT2D eigenvalue weighted by Gasteiger charge is -2.12. The number of hydrogen-bond donors (Lipinski definition) is 1. The third-order valence-electron chi connectivity index (χ3n) is 4.43. The van der Waals surface area contributed by atoms with Gasteiger partial charge in [-0.2, -0.15) is 5.10 Å². The third kappa shape index (κ3) is 4.13. The number of rotatable bonds is 4. The van der Waals surface area contributed by atoms with Crippen LogP contribution in [-0.4, -0.2) is 15.7 Å². The summed E-state index contributed by atoms with van der Waals surface area (Å²) in [7, 11) is 0. The number of benzene rings is 3. The van der Waals surface area contributed by atoms with Gasteiger partial charge >= 0.3 is 0 Å². The van der Waals surface area contributed by atoms with Gasteiger partial charge in [0.25, 0.3) is 5.56 Å². The normalized spacial score (nSPS) is 10.9. The van der Waals surface area contributed by atoms with Crippen molar-refractivity contribution in [3.05, 3.63) is 93.2 Å². The quantitative estimate of drug-likeness (QED) is 0.469. The number of amides is 1. The molecular weight excluding hydrogens is 456 g/mol. The fourth-order valence-electron chi connectivity index (χ4n) is 3.13. The Morgan fingerprint density at radius 2 is 1.60 bits per heavy atom. The Bertz CT molecular complexity index is 1300. The van der Waals surface area contributed by atoms with E-state index in [1.165, 1.54) is 0 Å². The Morgan fingerprint density at radius 1 is 0.967 bits per heavy atom. The molecule has 0 fully saturated rings. The van der Waals surface area contributed by atoms with Crippen LogP contribution in [0.25, 0.3) is 22.0 Å². The molecule has 0 saturated carbocycles. The number of fused-ring (bicyclic) bond motifs is 1. The molecule has 150 valence electrons. The van der Waals surface area contributed by atoms with Crippen molar-refractivity contribution in [3.63, 3.8) is 0 Å². The van der Waals surface area contributed by atoms with Crippen LogP contribution >= 0.6 is 15.9 Å². The smallest absolute Gasteiger partial charge is 0.275 e. The van der Waals surface area contributed by atoms with Crippen LogP contribution < -0.4 is 10.9 Å². The van der Waals surface area contributed by atoms with E-state index < -0.39 is 29.6 Å². The summed E-state index contributed by atoms with van der Waals surface area (Å²) in [5, 5.41) is 7.86. The zero-order valence-electron chi connectivity index (χ0n) is 15.4. The highest BCUT2D eigenvalue weighted by molar-refractivity contribution is 9.10. The molecule has 30 heavy (non-hydrogen) atoms. The standard InChI is InChI=1S/C22H14BrF2N3O2/c23-14-7-5-13(6-8-14)21-18-3-1-2-4-19(18)22(30)28(27-21)12-20(29)26-17-10-15(24)9-16(25)11-17/h1-11H,12H2,(H,26,29). The number of hydrogen-bond acceptors (Lipinski definition) is 3. The molecule has 0 aliphatic heterocycles. The molecule has 3 aromatic carbocycles. The number of carbonyl (C=O) groups excluding carboxylic acids is 1. The van der Waals surface area contributed by atoms with Crippen molar-refractivity contribution in [3.8, 4) is 11.3 Å². The number of nitrogens with one attached hydrogen (secondary N) is 1. The van der Waals surface area contributed by atoms with Gasteiger partial charge in [0.1, 0.15) is 18.2 Å². The predicted molar refractivity (Wildman–Crippen MR) is 114 cm³/mol. The van der Waals surface area contributed by atoms with Crippen LogP contribution in [0.5, 0.6) is 0 Å². The second-order valence-electron chi connectivity index (χ2n) is 6.57. The van der Waals surface area contributed by atoms with E-state index in [0.29, 0.717) is 22.5 Å². The van der Waals surface area contributed by atoms with E-state index in [2.05, 4.69) is 26.3 Å². The molecule has 0 unspecified atom stereocenters. The Labute approximate surface area is 178 Å². The maximum atomic E-state index is 13.4. The van der Waals surface area contributed by atoms with Gasteiger partial charge in [0.05, 0.1) is 11.1 Å². The molecule has 0 radical (unpaired) electrons. The molecule has 1 N–H and O–H groups in total. The van der Waals surface area contributed by atoms with E-state index in [0.717, 1.165) is 26.9 Å². The van der Waals surface area contributed by atoms with E-state index in [1.807, 2.05) is 24.3 Å². The van der Waals surface area contributed by atoms with Crippen LogP contribution in [0.2, 0.25) is 0 Å². The Morgan fingerprint density at radius 3 is 2.27 bits per heavy atom. The Balaban J connectivity index is 1.73. The molecule has 1 heterocycles. The second-order valence-corrected chi connectivity index (χ2v) is 7.49. The van der Waals surface area contributed by atoms with Gasteiger partial charge in [-0.1, -0.05) is 46.3 Å². The lowest BCUT2D eigenvalue weighted by molar-refractivity contribution is -0.117. The molecule has 8 heteroatoms. The lowest BCUT2D eigenvalue weighted by Crippen LogP contribution is -2.30. The third-order valence-corrected chi connectivity index (χ3v) is 4.95. The molecular formula is C22H14BrF2N3O2. The Hall–Kier alpha value is -3.39. The van der Waals surface area contributed by atoms with E-state index >= 15 is 0 Å². The number of aromatic nitrogens is 2. The van der Waals surface area contributed by atoms with Gasteiger partial charge in [-0.15, -0.1) is 0 Å². The summed E-state index contributed by atoms with van der Waals surface area (Å²) in [6, 6.07) is 17.1. The monoisotopic (exact) mass is 469 g/mol. The van der Waals surface area contributed by atoms with Gasteiger partial charge in [-0.25, -0.2) is 13.5 Å². The SMILES string of the molecule is O=C(Cn1nc(-c2ccc(Br)cc2)c2ccccc2c1=O)Nc1cc(F)cc(F)c1. The van der Waals surface area contributed by atoms with Crippen molar-refractivity contribution in [2.75, 3.05) is 5.32 Å². The van der Waals surface area contributed by atoms with Gasteiger partial charge in [0.15, 0.2) is 0 Å². The Kier molecular flexibility index (Phi) is 5.41. The molecule has 0 saturated heterocycles. The van der Waals surface area contributed by atoms with Gasteiger partial charge < -0.3 is 5.32 Å². The molecule has 4 aromatic rings. The first kappa shape index (κ1) is 19.9. The second kappa shape index (κ2) is 8.16. The minimum atomic E-state index is -0.816. The van der Waals surface area contributed by atoms with E-state index in [4.69, 9.17) is 0 Å². The minimum absolute atomic E-state index is 0.0422. The predicted octanol–water partition coefficient (Wildman–Crippen LogP) is 4.74. The van der Waals surface area contributed by atoms with Crippen LogP contribution in [0.3, 0.4) is 0 Å². The first-order valence-corrected chi connectivity index (χ1v) is 9.72. The number of carbonyl (C=O) groups is 1. The maximum absolute atomic E-state index is 13.4. The van der Waals surface area contributed by atoms with Gasteiger partial charge in [-0.05, 0) is 30.3 Å². The zero-order chi connectivity index (χ0) is 21.3. The molecule has 0 bridgehead atoms. The molecule has 0 aliphatic carbocycles. The van der Waals surface area contributed by atoms with Crippen molar-refractivity contribution in [2.45, 2.75) is 6.54 Å². The summed E-state index contributed by atoms with van der Waals surface area (Å²) in [5.74, 6) is -2.26. The van der Waals surface area contributed by atoms with Gasteiger partial charge in [0.2, 0.25) is 5.91 Å². The van der Waals surface area contributed by atoms with Crippen LogP contribution in [0.4, 0.5) is 14.5 Å². The summed E-state index contributed by atoms with van der Waals surface area (Å²) in [6.07, 6.45) is 0. The van der Waals surface area contributed by atoms with Crippen LogP contribution in [0.1, 0.15) is 0 Å². The molecule has 0 spiro atoms. The van der Waals surface area contributed by atoms with Crippen LogP contribution in [-0.2, 0) is 11.3 Å². The van der Waals surface area contributed by atoms with Crippen molar-refractivity contribution in [2.24, 2.45) is 0 Å². The highest BCUT2D eigenvalue weighted by atomic mass is 79.9. The van der Waals surface area contributed by atoms with Crippen molar-refractivity contribution < 1.29 is 13.6 Å².